The largest absolute Gasteiger partial charge is 0.385 e. The van der Waals surface area contributed by atoms with E-state index in [1.54, 1.807) is 13.4 Å². The maximum atomic E-state index is 5.97. The van der Waals surface area contributed by atoms with Gasteiger partial charge in [0, 0.05) is 45.6 Å². The number of nitrogens with zero attached hydrogens (tertiary/aromatic N) is 5. The second-order valence-electron chi connectivity index (χ2n) is 7.03. The zero-order valence-corrected chi connectivity index (χ0v) is 17.5. The van der Waals surface area contributed by atoms with Gasteiger partial charge in [-0.15, -0.1) is 10.2 Å². The first-order valence-corrected chi connectivity index (χ1v) is 10.4. The van der Waals surface area contributed by atoms with Crippen molar-refractivity contribution in [3.05, 3.63) is 42.5 Å². The predicted octanol–water partition coefficient (Wildman–Crippen LogP) is 2.25. The molecule has 2 heterocycles. The number of methoxy groups -OCH3 is 1. The molecule has 8 heteroatoms. The number of aromatic nitrogens is 3. The number of nitrogens with one attached hydrogen (secondary N) is 1. The third kappa shape index (κ3) is 6.27. The molecule has 2 aromatic rings. The van der Waals surface area contributed by atoms with Crippen LogP contribution in [0.1, 0.15) is 32.0 Å². The van der Waals surface area contributed by atoms with Gasteiger partial charge in [-0.1, -0.05) is 18.2 Å². The monoisotopic (exact) mass is 400 g/mol. The van der Waals surface area contributed by atoms with Crippen LogP contribution in [0.4, 0.5) is 0 Å². The number of hydrogen-bond donors (Lipinski definition) is 1. The molecule has 0 spiro atoms. The molecule has 0 amide bonds. The summed E-state index contributed by atoms with van der Waals surface area (Å²) in [6, 6.07) is 10.1. The van der Waals surface area contributed by atoms with Crippen LogP contribution in [0, 0.1) is 0 Å². The van der Waals surface area contributed by atoms with Gasteiger partial charge in [-0.05, 0) is 38.3 Å². The molecular formula is C21H32N6O2. The number of piperidine rings is 1. The number of rotatable bonds is 9. The quantitative estimate of drug-likeness (QED) is 0.395. The van der Waals surface area contributed by atoms with Gasteiger partial charge in [-0.25, -0.2) is 4.99 Å². The van der Waals surface area contributed by atoms with Crippen LogP contribution in [-0.4, -0.2) is 71.7 Å². The fourth-order valence-corrected chi connectivity index (χ4v) is 3.43. The average Bonchev–Trinajstić information content (AvgIpc) is 3.24. The van der Waals surface area contributed by atoms with Gasteiger partial charge in [0.2, 0.25) is 0 Å². The molecule has 1 saturated heterocycles. The van der Waals surface area contributed by atoms with Gasteiger partial charge >= 0.3 is 0 Å². The Hall–Kier alpha value is -2.45. The fraction of sp³-hybridized carbons (Fsp3) is 0.571. The van der Waals surface area contributed by atoms with Crippen molar-refractivity contribution in [2.24, 2.45) is 4.99 Å². The van der Waals surface area contributed by atoms with Gasteiger partial charge < -0.3 is 19.7 Å². The number of para-hydroxylation sites is 1. The Morgan fingerprint density at radius 2 is 2.00 bits per heavy atom. The number of likely N-dealkylation sites (tertiary alicyclic amines) is 1. The molecule has 3 rings (SSSR count). The van der Waals surface area contributed by atoms with Crippen molar-refractivity contribution in [1.29, 1.82) is 0 Å². The molecule has 0 saturated carbocycles. The topological polar surface area (TPSA) is 76.8 Å². The normalized spacial score (nSPS) is 15.7. The third-order valence-electron chi connectivity index (χ3n) is 4.95. The molecule has 8 nitrogen and oxygen atoms in total. The zero-order chi connectivity index (χ0) is 20.3. The van der Waals surface area contributed by atoms with Gasteiger partial charge in [-0.3, -0.25) is 4.57 Å². The summed E-state index contributed by atoms with van der Waals surface area (Å²) in [4.78, 5) is 7.14. The summed E-state index contributed by atoms with van der Waals surface area (Å²) in [5.74, 6) is 1.75. The van der Waals surface area contributed by atoms with Gasteiger partial charge in [0.05, 0.1) is 6.10 Å². The first kappa shape index (κ1) is 21.3. The van der Waals surface area contributed by atoms with Crippen molar-refractivity contribution in [2.45, 2.75) is 38.8 Å². The van der Waals surface area contributed by atoms with Crippen LogP contribution in [0.3, 0.4) is 0 Å². The SMILES string of the molecule is CCNC(=NCc1nncn1-c1ccccc1)N1CCC(OCCCOC)CC1. The standard InChI is InChI=1S/C21H32N6O2/c1-3-22-21(26-12-10-19(11-13-26)29-15-7-14-28-2)23-16-20-25-24-17-27(20)18-8-5-4-6-9-18/h4-6,8-9,17,19H,3,7,10-16H2,1-2H3,(H,22,23). The Balaban J connectivity index is 1.57. The fourth-order valence-electron chi connectivity index (χ4n) is 3.43. The Kier molecular flexibility index (Phi) is 8.45. The molecule has 1 fully saturated rings. The molecule has 0 unspecified atom stereocenters. The highest BCUT2D eigenvalue weighted by Gasteiger charge is 2.22. The van der Waals surface area contributed by atoms with Crippen LogP contribution in [0.25, 0.3) is 5.69 Å². The van der Waals surface area contributed by atoms with Gasteiger partial charge in [0.25, 0.3) is 0 Å². The maximum Gasteiger partial charge on any atom is 0.194 e. The first-order chi connectivity index (χ1) is 14.3. The van der Waals surface area contributed by atoms with Gasteiger partial charge in [0.1, 0.15) is 12.9 Å². The predicted molar refractivity (Wildman–Crippen MR) is 113 cm³/mol. The van der Waals surface area contributed by atoms with E-state index >= 15 is 0 Å². The van der Waals surface area contributed by atoms with Crippen molar-refractivity contribution in [1.82, 2.24) is 25.0 Å². The zero-order valence-electron chi connectivity index (χ0n) is 17.5. The number of hydrogen-bond acceptors (Lipinski definition) is 5. The van der Waals surface area contributed by atoms with Crippen LogP contribution in [-0.2, 0) is 16.0 Å². The van der Waals surface area contributed by atoms with Crippen LogP contribution >= 0.6 is 0 Å². The van der Waals surface area contributed by atoms with Crippen LogP contribution in [0.15, 0.2) is 41.7 Å². The summed E-state index contributed by atoms with van der Waals surface area (Å²) >= 11 is 0. The van der Waals surface area contributed by atoms with Crippen molar-refractivity contribution >= 4 is 5.96 Å². The minimum Gasteiger partial charge on any atom is -0.385 e. The van der Waals surface area contributed by atoms with Gasteiger partial charge in [-0.2, -0.15) is 0 Å². The lowest BCUT2D eigenvalue weighted by Crippen LogP contribution is -2.47. The van der Waals surface area contributed by atoms with E-state index in [4.69, 9.17) is 14.5 Å². The minimum absolute atomic E-state index is 0.326. The Bertz CT molecular complexity index is 741. The average molecular weight is 401 g/mol. The highest BCUT2D eigenvalue weighted by molar-refractivity contribution is 5.80. The molecule has 0 radical (unpaired) electrons. The van der Waals surface area contributed by atoms with E-state index in [-0.39, 0.29) is 0 Å². The summed E-state index contributed by atoms with van der Waals surface area (Å²) in [5, 5.41) is 11.7. The van der Waals surface area contributed by atoms with E-state index in [1.165, 1.54) is 0 Å². The Morgan fingerprint density at radius 3 is 2.72 bits per heavy atom. The van der Waals surface area contributed by atoms with Crippen molar-refractivity contribution < 1.29 is 9.47 Å². The van der Waals surface area contributed by atoms with E-state index in [9.17, 15) is 0 Å². The molecule has 1 aliphatic heterocycles. The highest BCUT2D eigenvalue weighted by Crippen LogP contribution is 2.15. The second-order valence-corrected chi connectivity index (χ2v) is 7.03. The third-order valence-corrected chi connectivity index (χ3v) is 4.95. The van der Waals surface area contributed by atoms with E-state index < -0.39 is 0 Å². The first-order valence-electron chi connectivity index (χ1n) is 10.4. The summed E-state index contributed by atoms with van der Waals surface area (Å²) in [5.41, 5.74) is 1.04. The Morgan fingerprint density at radius 1 is 1.21 bits per heavy atom. The van der Waals surface area contributed by atoms with Crippen molar-refractivity contribution in [3.63, 3.8) is 0 Å². The minimum atomic E-state index is 0.326. The molecular weight excluding hydrogens is 368 g/mol. The number of guanidine groups is 1. The molecule has 1 aromatic carbocycles. The number of aliphatic imine (C=N–C) groups is 1. The molecule has 0 bridgehead atoms. The summed E-state index contributed by atoms with van der Waals surface area (Å²) in [6.07, 6.45) is 5.03. The molecule has 1 aliphatic rings. The van der Waals surface area contributed by atoms with E-state index in [1.807, 2.05) is 34.9 Å². The summed E-state index contributed by atoms with van der Waals surface area (Å²) in [6.45, 7) is 6.79. The van der Waals surface area contributed by atoms with Crippen LogP contribution < -0.4 is 5.32 Å². The molecule has 1 N–H and O–H groups in total. The molecule has 29 heavy (non-hydrogen) atoms. The lowest BCUT2D eigenvalue weighted by molar-refractivity contribution is 0.00990. The lowest BCUT2D eigenvalue weighted by Gasteiger charge is -2.34. The molecule has 158 valence electrons. The van der Waals surface area contributed by atoms with E-state index in [2.05, 4.69) is 27.3 Å². The van der Waals surface area contributed by atoms with Crippen LogP contribution in [0.5, 0.6) is 0 Å². The number of ether oxygens (including phenoxy) is 2. The number of benzene rings is 1. The second kappa shape index (κ2) is 11.5. The van der Waals surface area contributed by atoms with Crippen molar-refractivity contribution in [2.75, 3.05) is 40.0 Å². The molecule has 1 aromatic heterocycles. The lowest BCUT2D eigenvalue weighted by atomic mass is 10.1. The van der Waals surface area contributed by atoms with Crippen molar-refractivity contribution in [3.8, 4) is 5.69 Å². The van der Waals surface area contributed by atoms with Crippen LogP contribution in [0.2, 0.25) is 0 Å². The summed E-state index contributed by atoms with van der Waals surface area (Å²) in [7, 11) is 1.72. The Labute approximate surface area is 172 Å². The molecule has 0 atom stereocenters. The van der Waals surface area contributed by atoms with E-state index in [0.717, 1.165) is 69.6 Å². The molecule has 0 aliphatic carbocycles. The van der Waals surface area contributed by atoms with E-state index in [0.29, 0.717) is 12.6 Å². The van der Waals surface area contributed by atoms with Gasteiger partial charge in [0.15, 0.2) is 11.8 Å². The summed E-state index contributed by atoms with van der Waals surface area (Å²) < 4.78 is 13.0. The maximum absolute atomic E-state index is 5.97. The smallest absolute Gasteiger partial charge is 0.194 e. The highest BCUT2D eigenvalue weighted by atomic mass is 16.5.